The molecule has 2 aromatic carbocycles. The lowest BCUT2D eigenvalue weighted by atomic mass is 10.1. The number of rotatable bonds is 4. The molecule has 0 atom stereocenters. The average Bonchev–Trinajstić information content (AvgIpc) is 2.92. The summed E-state index contributed by atoms with van der Waals surface area (Å²) in [5.74, 6) is 0.245. The van der Waals surface area contributed by atoms with Crippen molar-refractivity contribution in [2.75, 3.05) is 6.54 Å². The number of para-hydroxylation sites is 1. The Morgan fingerprint density at radius 3 is 2.57 bits per heavy atom. The Morgan fingerprint density at radius 1 is 1.14 bits per heavy atom. The standard InChI is InChI=1S/C16H16N4O/c17-9-8-10-4-6-11(7-5-10)16-19-13-3-1-2-12(15(18)21)14(13)20-16/h1-7H,8-9,17H2,(H2,18,21)(H,19,20). The topological polar surface area (TPSA) is 97.8 Å². The number of fused-ring (bicyclic) bond motifs is 1. The van der Waals surface area contributed by atoms with Crippen molar-refractivity contribution in [1.82, 2.24) is 9.97 Å². The average molecular weight is 280 g/mol. The van der Waals surface area contributed by atoms with Crippen LogP contribution in [0.25, 0.3) is 22.4 Å². The zero-order valence-electron chi connectivity index (χ0n) is 11.5. The molecule has 0 aliphatic carbocycles. The van der Waals surface area contributed by atoms with Gasteiger partial charge in [0, 0.05) is 5.56 Å². The molecule has 0 bridgehead atoms. The Bertz CT molecular complexity index is 790. The second kappa shape index (κ2) is 5.38. The summed E-state index contributed by atoms with van der Waals surface area (Å²) in [5, 5.41) is 0. The molecule has 0 saturated heterocycles. The third kappa shape index (κ3) is 2.51. The minimum absolute atomic E-state index is 0.426. The zero-order valence-corrected chi connectivity index (χ0v) is 11.5. The van der Waals surface area contributed by atoms with Crippen LogP contribution in [0.3, 0.4) is 0 Å². The van der Waals surface area contributed by atoms with Crippen LogP contribution in [0.4, 0.5) is 0 Å². The van der Waals surface area contributed by atoms with Crippen molar-refractivity contribution < 1.29 is 4.79 Å². The van der Waals surface area contributed by atoms with Gasteiger partial charge in [-0.25, -0.2) is 4.98 Å². The van der Waals surface area contributed by atoms with Crippen molar-refractivity contribution in [3.63, 3.8) is 0 Å². The van der Waals surface area contributed by atoms with E-state index in [-0.39, 0.29) is 0 Å². The van der Waals surface area contributed by atoms with Crippen LogP contribution in [-0.4, -0.2) is 22.4 Å². The number of aromatic nitrogens is 2. The first-order valence-corrected chi connectivity index (χ1v) is 6.77. The van der Waals surface area contributed by atoms with E-state index in [2.05, 4.69) is 9.97 Å². The lowest BCUT2D eigenvalue weighted by Gasteiger charge is -2.00. The van der Waals surface area contributed by atoms with Gasteiger partial charge < -0.3 is 16.5 Å². The number of H-pyrrole nitrogens is 1. The van der Waals surface area contributed by atoms with Gasteiger partial charge in [-0.05, 0) is 30.7 Å². The summed E-state index contributed by atoms with van der Waals surface area (Å²) in [6.07, 6.45) is 0.853. The minimum Gasteiger partial charge on any atom is -0.366 e. The van der Waals surface area contributed by atoms with Gasteiger partial charge in [-0.15, -0.1) is 0 Å². The Kier molecular flexibility index (Phi) is 3.41. The molecule has 3 rings (SSSR count). The van der Waals surface area contributed by atoms with Crippen LogP contribution in [0.1, 0.15) is 15.9 Å². The molecule has 5 N–H and O–H groups in total. The number of amides is 1. The van der Waals surface area contributed by atoms with E-state index >= 15 is 0 Å². The maximum atomic E-state index is 11.4. The van der Waals surface area contributed by atoms with Crippen molar-refractivity contribution in [3.05, 3.63) is 53.6 Å². The number of benzene rings is 2. The number of nitrogens with two attached hydrogens (primary N) is 2. The number of nitrogens with one attached hydrogen (secondary N) is 1. The quantitative estimate of drug-likeness (QED) is 0.680. The van der Waals surface area contributed by atoms with Crippen LogP contribution >= 0.6 is 0 Å². The molecular weight excluding hydrogens is 264 g/mol. The largest absolute Gasteiger partial charge is 0.366 e. The van der Waals surface area contributed by atoms with Gasteiger partial charge in [-0.2, -0.15) is 0 Å². The maximum Gasteiger partial charge on any atom is 0.250 e. The maximum absolute atomic E-state index is 11.4. The highest BCUT2D eigenvalue weighted by molar-refractivity contribution is 6.04. The van der Waals surface area contributed by atoms with Gasteiger partial charge in [0.2, 0.25) is 0 Å². The summed E-state index contributed by atoms with van der Waals surface area (Å²) in [5.41, 5.74) is 14.9. The first-order valence-electron chi connectivity index (χ1n) is 6.77. The molecule has 106 valence electrons. The summed E-state index contributed by atoms with van der Waals surface area (Å²) in [7, 11) is 0. The van der Waals surface area contributed by atoms with E-state index in [1.165, 1.54) is 5.56 Å². The van der Waals surface area contributed by atoms with Crippen molar-refractivity contribution >= 4 is 16.9 Å². The Balaban J connectivity index is 2.04. The Hall–Kier alpha value is -2.66. The van der Waals surface area contributed by atoms with Crippen molar-refractivity contribution in [2.45, 2.75) is 6.42 Å². The van der Waals surface area contributed by atoms with E-state index in [1.54, 1.807) is 12.1 Å². The molecule has 0 saturated carbocycles. The van der Waals surface area contributed by atoms with E-state index in [0.29, 0.717) is 17.6 Å². The van der Waals surface area contributed by atoms with Crippen LogP contribution in [0.5, 0.6) is 0 Å². The van der Waals surface area contributed by atoms with E-state index in [4.69, 9.17) is 11.5 Å². The van der Waals surface area contributed by atoms with Crippen LogP contribution in [0.2, 0.25) is 0 Å². The molecule has 1 heterocycles. The van der Waals surface area contributed by atoms with Crippen LogP contribution in [-0.2, 0) is 6.42 Å². The Labute approximate surface area is 122 Å². The van der Waals surface area contributed by atoms with Crippen LogP contribution in [0.15, 0.2) is 42.5 Å². The van der Waals surface area contributed by atoms with Gasteiger partial charge in [0.05, 0.1) is 11.1 Å². The van der Waals surface area contributed by atoms with Crippen molar-refractivity contribution in [1.29, 1.82) is 0 Å². The third-order valence-corrected chi connectivity index (χ3v) is 3.44. The van der Waals surface area contributed by atoms with Gasteiger partial charge in [-0.1, -0.05) is 30.3 Å². The number of hydrogen-bond acceptors (Lipinski definition) is 3. The number of primary amides is 1. The molecule has 1 aromatic heterocycles. The Morgan fingerprint density at radius 2 is 1.90 bits per heavy atom. The van der Waals surface area contributed by atoms with Crippen molar-refractivity contribution in [3.8, 4) is 11.4 Å². The van der Waals surface area contributed by atoms with E-state index < -0.39 is 5.91 Å². The van der Waals surface area contributed by atoms with Crippen LogP contribution < -0.4 is 11.5 Å². The smallest absolute Gasteiger partial charge is 0.250 e. The molecule has 0 unspecified atom stereocenters. The molecule has 0 radical (unpaired) electrons. The molecule has 5 nitrogen and oxygen atoms in total. The molecule has 0 fully saturated rings. The predicted molar refractivity (Wildman–Crippen MR) is 82.8 cm³/mol. The fourth-order valence-corrected chi connectivity index (χ4v) is 2.36. The lowest BCUT2D eigenvalue weighted by Crippen LogP contribution is -2.11. The molecule has 0 aliphatic rings. The number of hydrogen-bond donors (Lipinski definition) is 3. The van der Waals surface area contributed by atoms with E-state index in [9.17, 15) is 4.79 Å². The fraction of sp³-hybridized carbons (Fsp3) is 0.125. The minimum atomic E-state index is -0.475. The SMILES string of the molecule is NCCc1ccc(-c2nc3c(C(N)=O)cccc3[nH]2)cc1. The predicted octanol–water partition coefficient (Wildman–Crippen LogP) is 1.83. The summed E-state index contributed by atoms with van der Waals surface area (Å²) >= 11 is 0. The number of aromatic amines is 1. The van der Waals surface area contributed by atoms with Gasteiger partial charge >= 0.3 is 0 Å². The van der Waals surface area contributed by atoms with Crippen molar-refractivity contribution in [2.24, 2.45) is 11.5 Å². The van der Waals surface area contributed by atoms with Gasteiger partial charge in [-0.3, -0.25) is 4.79 Å². The highest BCUT2D eigenvalue weighted by Crippen LogP contribution is 2.23. The van der Waals surface area contributed by atoms with Gasteiger partial charge in [0.15, 0.2) is 0 Å². The number of carbonyl (C=O) groups excluding carboxylic acids is 1. The molecule has 1 amide bonds. The third-order valence-electron chi connectivity index (χ3n) is 3.44. The normalized spacial score (nSPS) is 10.9. The first-order chi connectivity index (χ1) is 10.2. The number of imidazole rings is 1. The molecular formula is C16H16N4O. The number of nitrogens with zero attached hydrogens (tertiary/aromatic N) is 1. The van der Waals surface area contributed by atoms with E-state index in [1.807, 2.05) is 30.3 Å². The molecule has 5 heteroatoms. The first kappa shape index (κ1) is 13.3. The van der Waals surface area contributed by atoms with E-state index in [0.717, 1.165) is 23.3 Å². The summed E-state index contributed by atoms with van der Waals surface area (Å²) < 4.78 is 0. The molecule has 0 aliphatic heterocycles. The van der Waals surface area contributed by atoms with Crippen LogP contribution in [0, 0.1) is 0 Å². The second-order valence-electron chi connectivity index (χ2n) is 4.89. The summed E-state index contributed by atoms with van der Waals surface area (Å²) in [4.78, 5) is 19.1. The highest BCUT2D eigenvalue weighted by Gasteiger charge is 2.11. The zero-order chi connectivity index (χ0) is 14.8. The molecule has 0 spiro atoms. The number of carbonyl (C=O) groups is 1. The lowest BCUT2D eigenvalue weighted by molar-refractivity contribution is 0.100. The highest BCUT2D eigenvalue weighted by atomic mass is 16.1. The monoisotopic (exact) mass is 280 g/mol. The summed E-state index contributed by atoms with van der Waals surface area (Å²) in [6, 6.07) is 13.4. The molecule has 3 aromatic rings. The van der Waals surface area contributed by atoms with Gasteiger partial charge in [0.1, 0.15) is 11.3 Å². The fourth-order valence-electron chi connectivity index (χ4n) is 2.36. The molecule has 21 heavy (non-hydrogen) atoms. The second-order valence-corrected chi connectivity index (χ2v) is 4.89. The van der Waals surface area contributed by atoms with Gasteiger partial charge in [0.25, 0.3) is 5.91 Å². The summed E-state index contributed by atoms with van der Waals surface area (Å²) in [6.45, 7) is 0.631.